The molecular weight excluding hydrogens is 356 g/mol. The predicted octanol–water partition coefficient (Wildman–Crippen LogP) is 4.82. The smallest absolute Gasteiger partial charge is 0.343 e. The summed E-state index contributed by atoms with van der Waals surface area (Å²) in [5, 5.41) is 0.891. The summed E-state index contributed by atoms with van der Waals surface area (Å²) in [5.74, 6) is 0.441. The van der Waals surface area contributed by atoms with Crippen LogP contribution in [0.1, 0.15) is 16.7 Å². The number of hydrogen-bond donors (Lipinski definition) is 0. The van der Waals surface area contributed by atoms with Gasteiger partial charge in [-0.1, -0.05) is 48.5 Å². The van der Waals surface area contributed by atoms with E-state index < -0.39 is 11.6 Å². The molecule has 0 aliphatic heterocycles. The molecule has 0 fully saturated rings. The number of carbonyl (C=O) groups excluding carboxylic acids is 1. The number of esters is 1. The van der Waals surface area contributed by atoms with Crippen LogP contribution in [-0.4, -0.2) is 5.97 Å². The average Bonchev–Trinajstić information content (AvgIpc) is 3.12. The second-order valence-electron chi connectivity index (χ2n) is 6.58. The standard InChI is InChI=1S/C23H18O5/c1-14-21(27-20(24)12-16-8-4-3-5-9-16)15(2)23(25)28-22(14)19-13-17-10-6-7-11-18(17)26-19/h3-11,13H,12H2,1-2H3. The Labute approximate surface area is 161 Å². The normalized spacial score (nSPS) is 10.9. The van der Waals surface area contributed by atoms with Crippen molar-refractivity contribution in [3.05, 3.63) is 87.8 Å². The van der Waals surface area contributed by atoms with Crippen molar-refractivity contribution in [3.63, 3.8) is 0 Å². The first-order valence-corrected chi connectivity index (χ1v) is 8.91. The largest absolute Gasteiger partial charge is 0.453 e. The molecule has 4 rings (SSSR count). The molecule has 0 N–H and O–H groups in total. The van der Waals surface area contributed by atoms with Gasteiger partial charge in [-0.15, -0.1) is 0 Å². The topological polar surface area (TPSA) is 69.7 Å². The Morgan fingerprint density at radius 1 is 0.929 bits per heavy atom. The van der Waals surface area contributed by atoms with Crippen LogP contribution in [0.25, 0.3) is 22.5 Å². The van der Waals surface area contributed by atoms with Gasteiger partial charge in [0.25, 0.3) is 0 Å². The Hall–Kier alpha value is -3.60. The van der Waals surface area contributed by atoms with Gasteiger partial charge in [0.05, 0.1) is 12.0 Å². The van der Waals surface area contributed by atoms with Crippen LogP contribution >= 0.6 is 0 Å². The highest BCUT2D eigenvalue weighted by Gasteiger charge is 2.21. The van der Waals surface area contributed by atoms with E-state index in [1.54, 1.807) is 19.9 Å². The first-order chi connectivity index (χ1) is 13.5. The molecule has 0 unspecified atom stereocenters. The quantitative estimate of drug-likeness (QED) is 0.479. The Morgan fingerprint density at radius 3 is 2.39 bits per heavy atom. The molecule has 0 radical (unpaired) electrons. The second-order valence-corrected chi connectivity index (χ2v) is 6.58. The lowest BCUT2D eigenvalue weighted by atomic mass is 10.1. The number of benzene rings is 2. The third-order valence-corrected chi connectivity index (χ3v) is 4.58. The zero-order valence-electron chi connectivity index (χ0n) is 15.5. The Kier molecular flexibility index (Phi) is 4.57. The number of para-hydroxylation sites is 1. The maximum Gasteiger partial charge on any atom is 0.343 e. The number of hydrogen-bond acceptors (Lipinski definition) is 5. The first-order valence-electron chi connectivity index (χ1n) is 8.91. The lowest BCUT2D eigenvalue weighted by Crippen LogP contribution is -2.16. The molecule has 0 saturated carbocycles. The molecule has 2 aromatic heterocycles. The Balaban J connectivity index is 1.71. The summed E-state index contributed by atoms with van der Waals surface area (Å²) in [7, 11) is 0. The molecule has 0 atom stereocenters. The van der Waals surface area contributed by atoms with Gasteiger partial charge in [0.1, 0.15) is 11.3 Å². The van der Waals surface area contributed by atoms with Gasteiger partial charge in [0, 0.05) is 10.9 Å². The van der Waals surface area contributed by atoms with E-state index in [0.717, 1.165) is 10.9 Å². The summed E-state index contributed by atoms with van der Waals surface area (Å²) in [4.78, 5) is 24.7. The minimum Gasteiger partial charge on any atom is -0.453 e. The molecule has 2 heterocycles. The van der Waals surface area contributed by atoms with E-state index in [0.29, 0.717) is 16.9 Å². The van der Waals surface area contributed by atoms with Crippen LogP contribution in [0.15, 0.2) is 74.3 Å². The van der Waals surface area contributed by atoms with E-state index in [1.165, 1.54) is 0 Å². The Bertz CT molecular complexity index is 1180. The highest BCUT2D eigenvalue weighted by molar-refractivity contribution is 5.83. The first kappa shape index (κ1) is 17.8. The van der Waals surface area contributed by atoms with E-state index in [4.69, 9.17) is 13.6 Å². The van der Waals surface area contributed by atoms with Crippen LogP contribution in [0, 0.1) is 13.8 Å². The van der Waals surface area contributed by atoms with Crippen molar-refractivity contribution in [1.82, 2.24) is 0 Å². The number of fused-ring (bicyclic) bond motifs is 1. The van der Waals surface area contributed by atoms with Gasteiger partial charge in [0.2, 0.25) is 0 Å². The van der Waals surface area contributed by atoms with Gasteiger partial charge in [-0.25, -0.2) is 4.79 Å². The van der Waals surface area contributed by atoms with Crippen LogP contribution < -0.4 is 10.4 Å². The van der Waals surface area contributed by atoms with Gasteiger partial charge in [0.15, 0.2) is 11.5 Å². The van der Waals surface area contributed by atoms with Gasteiger partial charge < -0.3 is 13.6 Å². The highest BCUT2D eigenvalue weighted by atomic mass is 16.5. The molecule has 0 amide bonds. The fourth-order valence-electron chi connectivity index (χ4n) is 3.12. The van der Waals surface area contributed by atoms with E-state index in [9.17, 15) is 9.59 Å². The minimum absolute atomic E-state index is 0.111. The molecule has 0 aliphatic carbocycles. The molecule has 0 saturated heterocycles. The van der Waals surface area contributed by atoms with Crippen molar-refractivity contribution in [2.75, 3.05) is 0 Å². The molecule has 5 heteroatoms. The van der Waals surface area contributed by atoms with Gasteiger partial charge in [-0.3, -0.25) is 4.79 Å². The molecule has 0 spiro atoms. The number of carbonyl (C=O) groups is 1. The van der Waals surface area contributed by atoms with Crippen molar-refractivity contribution in [2.45, 2.75) is 20.3 Å². The van der Waals surface area contributed by atoms with Crippen LogP contribution in [0.2, 0.25) is 0 Å². The van der Waals surface area contributed by atoms with E-state index >= 15 is 0 Å². The lowest BCUT2D eigenvalue weighted by Gasteiger charge is -2.11. The molecular formula is C23H18O5. The van der Waals surface area contributed by atoms with Crippen LogP contribution in [-0.2, 0) is 11.2 Å². The zero-order chi connectivity index (χ0) is 19.7. The van der Waals surface area contributed by atoms with Gasteiger partial charge in [-0.2, -0.15) is 0 Å². The third kappa shape index (κ3) is 3.34. The number of furan rings is 1. The Morgan fingerprint density at radius 2 is 1.64 bits per heavy atom. The molecule has 140 valence electrons. The SMILES string of the molecule is Cc1c(-c2cc3ccccc3o2)oc(=O)c(C)c1OC(=O)Cc1ccccc1. The summed E-state index contributed by atoms with van der Waals surface area (Å²) >= 11 is 0. The van der Waals surface area contributed by atoms with Gasteiger partial charge in [-0.05, 0) is 31.5 Å². The molecule has 0 bridgehead atoms. The fraction of sp³-hybridized carbons (Fsp3) is 0.130. The van der Waals surface area contributed by atoms with Crippen LogP contribution in [0.3, 0.4) is 0 Å². The second kappa shape index (κ2) is 7.19. The minimum atomic E-state index is -0.566. The van der Waals surface area contributed by atoms with Crippen molar-refractivity contribution in [2.24, 2.45) is 0 Å². The maximum atomic E-state index is 12.4. The van der Waals surface area contributed by atoms with Crippen molar-refractivity contribution in [1.29, 1.82) is 0 Å². The van der Waals surface area contributed by atoms with Crippen LogP contribution in [0.4, 0.5) is 0 Å². The van der Waals surface area contributed by atoms with Crippen LogP contribution in [0.5, 0.6) is 5.75 Å². The molecule has 5 nitrogen and oxygen atoms in total. The molecule has 0 aliphatic rings. The summed E-state index contributed by atoms with van der Waals surface area (Å²) in [6.07, 6.45) is 0.111. The molecule has 4 aromatic rings. The number of rotatable bonds is 4. The van der Waals surface area contributed by atoms with E-state index in [2.05, 4.69) is 0 Å². The van der Waals surface area contributed by atoms with Gasteiger partial charge >= 0.3 is 11.6 Å². The fourth-order valence-corrected chi connectivity index (χ4v) is 3.12. The maximum absolute atomic E-state index is 12.4. The summed E-state index contributed by atoms with van der Waals surface area (Å²) < 4.78 is 16.8. The highest BCUT2D eigenvalue weighted by Crippen LogP contribution is 2.34. The van der Waals surface area contributed by atoms with E-state index in [1.807, 2.05) is 54.6 Å². The molecule has 28 heavy (non-hydrogen) atoms. The lowest BCUT2D eigenvalue weighted by molar-refractivity contribution is -0.133. The summed E-state index contributed by atoms with van der Waals surface area (Å²) in [6, 6.07) is 18.6. The average molecular weight is 374 g/mol. The van der Waals surface area contributed by atoms with Crippen molar-refractivity contribution in [3.8, 4) is 17.3 Å². The van der Waals surface area contributed by atoms with Crippen molar-refractivity contribution >= 4 is 16.9 Å². The summed E-state index contributed by atoms with van der Waals surface area (Å²) in [6.45, 7) is 3.32. The number of ether oxygens (including phenoxy) is 1. The predicted molar refractivity (Wildman–Crippen MR) is 105 cm³/mol. The van der Waals surface area contributed by atoms with Crippen molar-refractivity contribution < 1.29 is 18.4 Å². The summed E-state index contributed by atoms with van der Waals surface area (Å²) in [5.41, 5.74) is 1.74. The van der Waals surface area contributed by atoms with E-state index in [-0.39, 0.29) is 23.5 Å². The molecule has 2 aromatic carbocycles. The zero-order valence-corrected chi connectivity index (χ0v) is 15.5. The third-order valence-electron chi connectivity index (χ3n) is 4.58. The monoisotopic (exact) mass is 374 g/mol.